The Hall–Kier alpha value is -1.44. The van der Waals surface area contributed by atoms with Crippen molar-refractivity contribution in [1.29, 1.82) is 0 Å². The summed E-state index contributed by atoms with van der Waals surface area (Å²) >= 11 is 5.80. The van der Waals surface area contributed by atoms with Crippen molar-refractivity contribution >= 4 is 17.5 Å². The molecular formula is C12H15ClF2N2O3. The van der Waals surface area contributed by atoms with Gasteiger partial charge in [-0.25, -0.2) is 0 Å². The van der Waals surface area contributed by atoms with Crippen LogP contribution in [0.1, 0.15) is 5.56 Å². The Morgan fingerprint density at radius 3 is 2.85 bits per heavy atom. The number of ether oxygens (including phenoxy) is 2. The normalized spacial score (nSPS) is 10.8. The third-order valence-electron chi connectivity index (χ3n) is 2.22. The monoisotopic (exact) mass is 308 g/mol. The first-order valence-corrected chi connectivity index (χ1v) is 6.17. The van der Waals surface area contributed by atoms with Gasteiger partial charge in [0.25, 0.3) is 0 Å². The number of nitrogens with two attached hydrogens (primary N) is 1. The van der Waals surface area contributed by atoms with Gasteiger partial charge in [-0.15, -0.1) is 0 Å². The van der Waals surface area contributed by atoms with E-state index in [4.69, 9.17) is 22.1 Å². The molecule has 8 heteroatoms. The fraction of sp³-hybridized carbons (Fsp3) is 0.417. The zero-order valence-corrected chi connectivity index (χ0v) is 11.3. The highest BCUT2D eigenvalue weighted by molar-refractivity contribution is 6.30. The van der Waals surface area contributed by atoms with Crippen LogP contribution >= 0.6 is 11.6 Å². The highest BCUT2D eigenvalue weighted by Gasteiger charge is 2.10. The summed E-state index contributed by atoms with van der Waals surface area (Å²) in [6.07, 6.45) is 0. The van der Waals surface area contributed by atoms with E-state index in [1.54, 1.807) is 0 Å². The van der Waals surface area contributed by atoms with E-state index in [1.807, 2.05) is 0 Å². The molecule has 0 heterocycles. The topological polar surface area (TPSA) is 73.6 Å². The Morgan fingerprint density at radius 1 is 1.45 bits per heavy atom. The van der Waals surface area contributed by atoms with Gasteiger partial charge in [-0.2, -0.15) is 8.78 Å². The molecule has 1 rings (SSSR count). The molecule has 0 unspecified atom stereocenters. The number of halogens is 3. The summed E-state index contributed by atoms with van der Waals surface area (Å²) in [5.41, 5.74) is 5.40. The molecule has 1 aromatic rings. The molecule has 0 aliphatic carbocycles. The second-order valence-corrected chi connectivity index (χ2v) is 4.26. The summed E-state index contributed by atoms with van der Waals surface area (Å²) in [6.45, 7) is -2.07. The number of alkyl halides is 2. The van der Waals surface area contributed by atoms with E-state index in [-0.39, 0.29) is 25.5 Å². The van der Waals surface area contributed by atoms with Crippen LogP contribution in [0.3, 0.4) is 0 Å². The molecule has 20 heavy (non-hydrogen) atoms. The highest BCUT2D eigenvalue weighted by atomic mass is 35.5. The molecule has 0 atom stereocenters. The molecular weight excluding hydrogens is 294 g/mol. The lowest BCUT2D eigenvalue weighted by atomic mass is 10.2. The molecule has 1 aromatic carbocycles. The minimum Gasteiger partial charge on any atom is -0.434 e. The molecule has 0 saturated heterocycles. The molecule has 3 N–H and O–H groups in total. The van der Waals surface area contributed by atoms with Gasteiger partial charge in [-0.05, 0) is 18.2 Å². The molecule has 0 aromatic heterocycles. The minimum absolute atomic E-state index is 0.0648. The van der Waals surface area contributed by atoms with Crippen molar-refractivity contribution in [2.75, 3.05) is 19.8 Å². The number of rotatable bonds is 9. The van der Waals surface area contributed by atoms with Crippen molar-refractivity contribution < 1.29 is 23.0 Å². The number of hydrogen-bond acceptors (Lipinski definition) is 4. The summed E-state index contributed by atoms with van der Waals surface area (Å²) < 4.78 is 33.8. The minimum atomic E-state index is -2.89. The fourth-order valence-corrected chi connectivity index (χ4v) is 1.63. The smallest absolute Gasteiger partial charge is 0.387 e. The molecule has 0 aliphatic rings. The van der Waals surface area contributed by atoms with Crippen LogP contribution in [0.15, 0.2) is 18.2 Å². The number of nitrogens with one attached hydrogen (secondary N) is 1. The lowest BCUT2D eigenvalue weighted by molar-refractivity contribution is -0.122. The van der Waals surface area contributed by atoms with E-state index in [2.05, 4.69) is 10.1 Å². The summed E-state index contributed by atoms with van der Waals surface area (Å²) in [6, 6.07) is 4.39. The zero-order valence-electron chi connectivity index (χ0n) is 10.6. The molecule has 0 radical (unpaired) electrons. The third kappa shape index (κ3) is 6.65. The van der Waals surface area contributed by atoms with Crippen LogP contribution < -0.4 is 15.8 Å². The van der Waals surface area contributed by atoms with Crippen LogP contribution in [0.25, 0.3) is 0 Å². The Labute approximate surface area is 120 Å². The van der Waals surface area contributed by atoms with Crippen LogP contribution in [0.2, 0.25) is 5.02 Å². The maximum atomic E-state index is 12.2. The van der Waals surface area contributed by atoms with Crippen molar-refractivity contribution in [2.24, 2.45) is 5.73 Å². The Balaban J connectivity index is 2.41. The predicted molar refractivity (Wildman–Crippen MR) is 69.8 cm³/mol. The number of carbonyl (C=O) groups excluding carboxylic acids is 1. The van der Waals surface area contributed by atoms with Gasteiger partial charge in [-0.3, -0.25) is 4.79 Å². The van der Waals surface area contributed by atoms with Gasteiger partial charge in [0.05, 0.1) is 6.61 Å². The summed E-state index contributed by atoms with van der Waals surface area (Å²) in [4.78, 5) is 10.4. The van der Waals surface area contributed by atoms with Crippen LogP contribution in [0.4, 0.5) is 8.78 Å². The van der Waals surface area contributed by atoms with Crippen LogP contribution in [0.5, 0.6) is 5.75 Å². The number of primary amides is 1. The first-order valence-electron chi connectivity index (χ1n) is 5.79. The zero-order chi connectivity index (χ0) is 15.0. The summed E-state index contributed by atoms with van der Waals surface area (Å²) in [5, 5.41) is 3.38. The fourth-order valence-electron chi connectivity index (χ4n) is 1.44. The van der Waals surface area contributed by atoms with Gasteiger partial charge in [0.1, 0.15) is 12.4 Å². The Bertz CT molecular complexity index is 447. The maximum absolute atomic E-state index is 12.2. The van der Waals surface area contributed by atoms with E-state index in [9.17, 15) is 13.6 Å². The van der Waals surface area contributed by atoms with Crippen molar-refractivity contribution in [3.63, 3.8) is 0 Å². The van der Waals surface area contributed by atoms with Gasteiger partial charge < -0.3 is 20.5 Å². The molecule has 1 amide bonds. The standard InChI is InChI=1S/C12H15ClF2N2O3/c13-9-1-2-10(20-12(14)15)8(5-9)6-17-3-4-19-7-11(16)18/h1-2,5,12,17H,3-4,6-7H2,(H2,16,18). The first kappa shape index (κ1) is 16.6. The van der Waals surface area contributed by atoms with Crippen LogP contribution in [-0.4, -0.2) is 32.3 Å². The van der Waals surface area contributed by atoms with E-state index in [0.717, 1.165) is 0 Å². The molecule has 0 saturated carbocycles. The first-order chi connectivity index (χ1) is 9.49. The van der Waals surface area contributed by atoms with Gasteiger partial charge in [0, 0.05) is 23.7 Å². The Kier molecular flexibility index (Phi) is 7.21. The van der Waals surface area contributed by atoms with E-state index in [0.29, 0.717) is 17.1 Å². The molecule has 0 aliphatic heterocycles. The van der Waals surface area contributed by atoms with Crippen molar-refractivity contribution in [3.05, 3.63) is 28.8 Å². The second kappa shape index (κ2) is 8.68. The molecule has 5 nitrogen and oxygen atoms in total. The summed E-state index contributed by atoms with van der Waals surface area (Å²) in [7, 11) is 0. The SMILES string of the molecule is NC(=O)COCCNCc1cc(Cl)ccc1OC(F)F. The van der Waals surface area contributed by atoms with E-state index in [1.165, 1.54) is 18.2 Å². The lowest BCUT2D eigenvalue weighted by Gasteiger charge is -2.12. The summed E-state index contributed by atoms with van der Waals surface area (Å²) in [5.74, 6) is -0.484. The van der Waals surface area contributed by atoms with Gasteiger partial charge in [0.15, 0.2) is 0 Å². The van der Waals surface area contributed by atoms with Gasteiger partial charge in [0.2, 0.25) is 5.91 Å². The number of carbonyl (C=O) groups is 1. The van der Waals surface area contributed by atoms with Crippen molar-refractivity contribution in [3.8, 4) is 5.75 Å². The number of hydrogen-bond donors (Lipinski definition) is 2. The molecule has 0 fully saturated rings. The predicted octanol–water partition coefficient (Wildman–Crippen LogP) is 1.53. The quantitative estimate of drug-likeness (QED) is 0.679. The van der Waals surface area contributed by atoms with Gasteiger partial charge >= 0.3 is 6.61 Å². The van der Waals surface area contributed by atoms with Crippen LogP contribution in [-0.2, 0) is 16.1 Å². The largest absolute Gasteiger partial charge is 0.434 e. The lowest BCUT2D eigenvalue weighted by Crippen LogP contribution is -2.24. The number of amides is 1. The second-order valence-electron chi connectivity index (χ2n) is 3.83. The van der Waals surface area contributed by atoms with Crippen molar-refractivity contribution in [2.45, 2.75) is 13.2 Å². The van der Waals surface area contributed by atoms with Crippen LogP contribution in [0, 0.1) is 0 Å². The molecule has 0 spiro atoms. The maximum Gasteiger partial charge on any atom is 0.387 e. The third-order valence-corrected chi connectivity index (χ3v) is 2.46. The molecule has 112 valence electrons. The van der Waals surface area contributed by atoms with E-state index >= 15 is 0 Å². The Morgan fingerprint density at radius 2 is 2.20 bits per heavy atom. The number of benzene rings is 1. The molecule has 0 bridgehead atoms. The van der Waals surface area contributed by atoms with Gasteiger partial charge in [-0.1, -0.05) is 11.6 Å². The van der Waals surface area contributed by atoms with Crippen molar-refractivity contribution in [1.82, 2.24) is 5.32 Å². The van der Waals surface area contributed by atoms with E-state index < -0.39 is 12.5 Å². The average Bonchev–Trinajstić information content (AvgIpc) is 2.35. The average molecular weight is 309 g/mol. The highest BCUT2D eigenvalue weighted by Crippen LogP contribution is 2.24.